The molecule has 3 rings (SSSR count). The molecule has 1 heterocycles. The maximum Gasteiger partial charge on any atom is 0.239 e. The summed E-state index contributed by atoms with van der Waals surface area (Å²) in [4.78, 5) is 26.4. The van der Waals surface area contributed by atoms with Gasteiger partial charge in [-0.15, -0.1) is 0 Å². The second-order valence-electron chi connectivity index (χ2n) is 7.21. The van der Waals surface area contributed by atoms with Crippen LogP contribution in [0.4, 0.5) is 11.5 Å². The second-order valence-corrected chi connectivity index (χ2v) is 7.65. The van der Waals surface area contributed by atoms with Crippen LogP contribution in [0, 0.1) is 0 Å². The Morgan fingerprint density at radius 3 is 2.59 bits per heavy atom. The minimum Gasteiger partial charge on any atom is -0.495 e. The smallest absolute Gasteiger partial charge is 0.239 e. The quantitative estimate of drug-likeness (QED) is 0.686. The Hall–Kier alpha value is -2.58. The monoisotopic (exact) mass is 419 g/mol. The molecule has 0 radical (unpaired) electrons. The number of nitrogens with zero attached hydrogens (tertiary/aromatic N) is 3. The molecular formula is C20H26ClN5O3. The fourth-order valence-electron chi connectivity index (χ4n) is 3.55. The first kappa shape index (κ1) is 21.1. The summed E-state index contributed by atoms with van der Waals surface area (Å²) in [6, 6.07) is 7.13. The van der Waals surface area contributed by atoms with Crippen molar-refractivity contribution in [2.24, 2.45) is 0 Å². The van der Waals surface area contributed by atoms with Crippen molar-refractivity contribution >= 4 is 34.9 Å². The van der Waals surface area contributed by atoms with Gasteiger partial charge in [-0.1, -0.05) is 24.4 Å². The first-order chi connectivity index (χ1) is 14.0. The van der Waals surface area contributed by atoms with Crippen molar-refractivity contribution in [3.63, 3.8) is 0 Å². The standard InChI is InChI=1S/C20H26ClN5O3/c1-25(12-19(27)23-16-11-14(21)7-8-17(16)29-2)13-20(28)24-18-9-10-22-26(18)15-5-3-4-6-15/h7-11,15H,3-6,12-13H2,1-2H3,(H,23,27)(H,24,28). The van der Waals surface area contributed by atoms with Gasteiger partial charge in [-0.05, 0) is 38.1 Å². The van der Waals surface area contributed by atoms with Gasteiger partial charge in [0.05, 0.1) is 38.1 Å². The van der Waals surface area contributed by atoms with Gasteiger partial charge < -0.3 is 15.4 Å². The topological polar surface area (TPSA) is 88.5 Å². The zero-order valence-corrected chi connectivity index (χ0v) is 17.4. The average molecular weight is 420 g/mol. The van der Waals surface area contributed by atoms with Crippen molar-refractivity contribution in [2.75, 3.05) is 37.9 Å². The Morgan fingerprint density at radius 1 is 1.21 bits per heavy atom. The van der Waals surface area contributed by atoms with Crippen molar-refractivity contribution in [3.05, 3.63) is 35.5 Å². The third-order valence-corrected chi connectivity index (χ3v) is 5.11. The third kappa shape index (κ3) is 5.71. The molecule has 0 aliphatic heterocycles. The number of carbonyl (C=O) groups excluding carboxylic acids is 2. The summed E-state index contributed by atoms with van der Waals surface area (Å²) in [5.74, 6) is 0.754. The van der Waals surface area contributed by atoms with Gasteiger partial charge in [-0.3, -0.25) is 14.5 Å². The molecule has 1 aliphatic carbocycles. The molecule has 2 aromatic rings. The summed E-state index contributed by atoms with van der Waals surface area (Å²) in [6.07, 6.45) is 6.24. The lowest BCUT2D eigenvalue weighted by Crippen LogP contribution is -2.36. The Bertz CT molecular complexity index is 864. The molecular weight excluding hydrogens is 394 g/mol. The molecule has 2 N–H and O–H groups in total. The van der Waals surface area contributed by atoms with Crippen LogP contribution < -0.4 is 15.4 Å². The van der Waals surface area contributed by atoms with Crippen LogP contribution in [0.25, 0.3) is 0 Å². The van der Waals surface area contributed by atoms with E-state index < -0.39 is 0 Å². The number of nitrogens with one attached hydrogen (secondary N) is 2. The van der Waals surface area contributed by atoms with Crippen LogP contribution in [0.15, 0.2) is 30.5 Å². The van der Waals surface area contributed by atoms with Gasteiger partial charge in [-0.25, -0.2) is 4.68 Å². The molecule has 156 valence electrons. The highest BCUT2D eigenvalue weighted by atomic mass is 35.5. The predicted molar refractivity (Wildman–Crippen MR) is 112 cm³/mol. The number of carbonyl (C=O) groups is 2. The summed E-state index contributed by atoms with van der Waals surface area (Å²) < 4.78 is 7.12. The zero-order chi connectivity index (χ0) is 20.8. The van der Waals surface area contributed by atoms with Crippen LogP contribution >= 0.6 is 11.6 Å². The first-order valence-corrected chi connectivity index (χ1v) is 9.99. The minimum absolute atomic E-state index is 0.0466. The maximum absolute atomic E-state index is 12.4. The van der Waals surface area contributed by atoms with Crippen molar-refractivity contribution in [1.29, 1.82) is 0 Å². The highest BCUT2D eigenvalue weighted by molar-refractivity contribution is 6.31. The number of halogens is 1. The lowest BCUT2D eigenvalue weighted by Gasteiger charge is -2.18. The Balaban J connectivity index is 1.51. The molecule has 1 saturated carbocycles. The fraction of sp³-hybridized carbons (Fsp3) is 0.450. The molecule has 0 atom stereocenters. The number of ether oxygens (including phenoxy) is 1. The molecule has 2 amide bonds. The van der Waals surface area contributed by atoms with Crippen LogP contribution in [0.1, 0.15) is 31.7 Å². The summed E-state index contributed by atoms with van der Waals surface area (Å²) in [5.41, 5.74) is 0.489. The van der Waals surface area contributed by atoms with E-state index in [9.17, 15) is 9.59 Å². The van der Waals surface area contributed by atoms with Crippen molar-refractivity contribution < 1.29 is 14.3 Å². The molecule has 0 unspecified atom stereocenters. The number of rotatable bonds is 8. The molecule has 1 aliphatic rings. The van der Waals surface area contributed by atoms with E-state index in [1.807, 2.05) is 4.68 Å². The number of hydrogen-bond acceptors (Lipinski definition) is 5. The number of methoxy groups -OCH3 is 1. The van der Waals surface area contributed by atoms with E-state index in [1.165, 1.54) is 20.0 Å². The van der Waals surface area contributed by atoms with Crippen LogP contribution in [0.5, 0.6) is 5.75 Å². The average Bonchev–Trinajstić information content (AvgIpc) is 3.32. The Morgan fingerprint density at radius 2 is 1.90 bits per heavy atom. The van der Waals surface area contributed by atoms with E-state index in [0.717, 1.165) is 12.8 Å². The summed E-state index contributed by atoms with van der Waals surface area (Å²) in [7, 11) is 3.23. The maximum atomic E-state index is 12.4. The van der Waals surface area contributed by atoms with E-state index >= 15 is 0 Å². The second kappa shape index (κ2) is 9.76. The zero-order valence-electron chi connectivity index (χ0n) is 16.7. The largest absolute Gasteiger partial charge is 0.495 e. The van der Waals surface area contributed by atoms with Crippen molar-refractivity contribution in [2.45, 2.75) is 31.7 Å². The third-order valence-electron chi connectivity index (χ3n) is 4.87. The van der Waals surface area contributed by atoms with E-state index in [2.05, 4.69) is 15.7 Å². The van der Waals surface area contributed by atoms with Crippen LogP contribution in [0.3, 0.4) is 0 Å². The Labute approximate surface area is 175 Å². The summed E-state index contributed by atoms with van der Waals surface area (Å²) in [6.45, 7) is 0.126. The van der Waals surface area contributed by atoms with Gasteiger partial charge in [0.1, 0.15) is 11.6 Å². The van der Waals surface area contributed by atoms with E-state index in [0.29, 0.717) is 28.3 Å². The fourth-order valence-corrected chi connectivity index (χ4v) is 3.72. The Kier molecular flexibility index (Phi) is 7.11. The van der Waals surface area contributed by atoms with Gasteiger partial charge in [-0.2, -0.15) is 5.10 Å². The molecule has 0 spiro atoms. The summed E-state index contributed by atoms with van der Waals surface area (Å²) in [5, 5.41) is 10.5. The van der Waals surface area contributed by atoms with Gasteiger partial charge in [0.2, 0.25) is 11.8 Å². The number of amides is 2. The van der Waals surface area contributed by atoms with Crippen molar-refractivity contribution in [1.82, 2.24) is 14.7 Å². The van der Waals surface area contributed by atoms with E-state index in [-0.39, 0.29) is 24.9 Å². The van der Waals surface area contributed by atoms with Crippen LogP contribution in [-0.2, 0) is 9.59 Å². The minimum atomic E-state index is -0.267. The predicted octanol–water partition coefficient (Wildman–Crippen LogP) is 3.17. The molecule has 29 heavy (non-hydrogen) atoms. The highest BCUT2D eigenvalue weighted by Crippen LogP contribution is 2.31. The first-order valence-electron chi connectivity index (χ1n) is 9.61. The number of hydrogen-bond donors (Lipinski definition) is 2. The lowest BCUT2D eigenvalue weighted by molar-refractivity contribution is -0.119. The van der Waals surface area contributed by atoms with Gasteiger partial charge in [0.25, 0.3) is 0 Å². The normalized spacial score (nSPS) is 14.2. The number of likely N-dealkylation sites (N-methyl/N-ethyl adjacent to an activating group) is 1. The number of anilines is 2. The number of benzene rings is 1. The van der Waals surface area contributed by atoms with Crippen LogP contribution in [-0.4, -0.2) is 53.7 Å². The molecule has 9 heteroatoms. The highest BCUT2D eigenvalue weighted by Gasteiger charge is 2.21. The molecule has 0 saturated heterocycles. The molecule has 1 aromatic carbocycles. The van der Waals surface area contributed by atoms with Gasteiger partial charge >= 0.3 is 0 Å². The van der Waals surface area contributed by atoms with Gasteiger partial charge in [0, 0.05) is 11.1 Å². The SMILES string of the molecule is COc1ccc(Cl)cc1NC(=O)CN(C)CC(=O)Nc1ccnn1C1CCCC1. The lowest BCUT2D eigenvalue weighted by atomic mass is 10.2. The number of aromatic nitrogens is 2. The molecule has 1 aromatic heterocycles. The molecule has 0 bridgehead atoms. The molecule has 1 fully saturated rings. The van der Waals surface area contributed by atoms with E-state index in [1.54, 1.807) is 42.4 Å². The van der Waals surface area contributed by atoms with Crippen molar-refractivity contribution in [3.8, 4) is 5.75 Å². The van der Waals surface area contributed by atoms with Crippen LogP contribution in [0.2, 0.25) is 5.02 Å². The van der Waals surface area contributed by atoms with E-state index in [4.69, 9.17) is 16.3 Å². The summed E-state index contributed by atoms with van der Waals surface area (Å²) >= 11 is 5.98. The molecule has 8 nitrogen and oxygen atoms in total. The van der Waals surface area contributed by atoms with Gasteiger partial charge in [0.15, 0.2) is 0 Å².